The lowest BCUT2D eigenvalue weighted by atomic mass is 9.88. The number of aliphatic imine (C=N–C) groups is 1. The summed E-state index contributed by atoms with van der Waals surface area (Å²) in [7, 11) is 1.10. The molecule has 2 heterocycles. The van der Waals surface area contributed by atoms with Crippen LogP contribution in [0.3, 0.4) is 0 Å². The van der Waals surface area contributed by atoms with Crippen LogP contribution in [0.25, 0.3) is 0 Å². The number of esters is 1. The number of carbonyl (C=O) groups is 2. The molecule has 0 spiro atoms. The van der Waals surface area contributed by atoms with Crippen molar-refractivity contribution in [3.05, 3.63) is 42.0 Å². The number of carbonyl (C=O) groups excluding carboxylic acids is 2. The maximum Gasteiger partial charge on any atom is 0.377 e. The van der Waals surface area contributed by atoms with Gasteiger partial charge in [-0.25, -0.2) is 9.18 Å². The average Bonchev–Trinajstić information content (AvgIpc) is 2.87. The lowest BCUT2D eigenvalue weighted by Crippen LogP contribution is -2.37. The SMILES string of the molecule is COC(=O)C(=O)C1(c2cncc(F)c2)C=CC=N1. The molecule has 18 heavy (non-hydrogen) atoms. The molecule has 92 valence electrons. The van der Waals surface area contributed by atoms with E-state index in [4.69, 9.17) is 0 Å². The van der Waals surface area contributed by atoms with Gasteiger partial charge in [0.05, 0.1) is 13.3 Å². The van der Waals surface area contributed by atoms with Crippen LogP contribution in [-0.4, -0.2) is 30.1 Å². The van der Waals surface area contributed by atoms with Crippen LogP contribution in [0.15, 0.2) is 35.6 Å². The van der Waals surface area contributed by atoms with Gasteiger partial charge in [0.2, 0.25) is 0 Å². The second-order valence-electron chi connectivity index (χ2n) is 3.62. The van der Waals surface area contributed by atoms with Crippen molar-refractivity contribution in [2.24, 2.45) is 4.99 Å². The minimum Gasteiger partial charge on any atom is -0.463 e. The van der Waals surface area contributed by atoms with Crippen LogP contribution < -0.4 is 0 Å². The molecule has 0 amide bonds. The van der Waals surface area contributed by atoms with Crippen molar-refractivity contribution in [2.75, 3.05) is 7.11 Å². The molecule has 1 atom stereocenters. The maximum atomic E-state index is 13.2. The van der Waals surface area contributed by atoms with Crippen molar-refractivity contribution in [1.29, 1.82) is 0 Å². The Morgan fingerprint density at radius 2 is 2.17 bits per heavy atom. The first kappa shape index (κ1) is 12.1. The molecule has 0 aromatic carbocycles. The number of nitrogens with zero attached hydrogens (tertiary/aromatic N) is 2. The third-order valence-electron chi connectivity index (χ3n) is 2.56. The molecule has 0 saturated heterocycles. The predicted octanol–water partition coefficient (Wildman–Crippen LogP) is 0.799. The lowest BCUT2D eigenvalue weighted by molar-refractivity contribution is -0.153. The average molecular weight is 248 g/mol. The summed E-state index contributed by atoms with van der Waals surface area (Å²) in [6.45, 7) is 0. The van der Waals surface area contributed by atoms with Crippen LogP contribution in [0.2, 0.25) is 0 Å². The van der Waals surface area contributed by atoms with Gasteiger partial charge in [-0.2, -0.15) is 0 Å². The number of ketones is 1. The molecule has 0 saturated carbocycles. The van der Waals surface area contributed by atoms with Crippen LogP contribution in [0.4, 0.5) is 4.39 Å². The third kappa shape index (κ3) is 1.81. The summed E-state index contributed by atoms with van der Waals surface area (Å²) in [6.07, 6.45) is 6.57. The highest BCUT2D eigenvalue weighted by Gasteiger charge is 2.43. The Hall–Kier alpha value is -2.37. The number of aromatic nitrogens is 1. The zero-order valence-electron chi connectivity index (χ0n) is 9.46. The molecule has 1 unspecified atom stereocenters. The second-order valence-corrected chi connectivity index (χ2v) is 3.62. The Morgan fingerprint density at radius 3 is 2.72 bits per heavy atom. The zero-order chi connectivity index (χ0) is 13.2. The number of ether oxygens (including phenoxy) is 1. The quantitative estimate of drug-likeness (QED) is 0.586. The molecule has 0 fully saturated rings. The smallest absolute Gasteiger partial charge is 0.377 e. The first-order valence-electron chi connectivity index (χ1n) is 5.07. The molecule has 0 N–H and O–H groups in total. The van der Waals surface area contributed by atoms with E-state index in [0.717, 1.165) is 19.4 Å². The standard InChI is InChI=1S/C12H9FN2O3/c1-18-11(17)10(16)12(3-2-4-15-12)8-5-9(13)7-14-6-8/h2-7H,1H3. The summed E-state index contributed by atoms with van der Waals surface area (Å²) >= 11 is 0. The van der Waals surface area contributed by atoms with Gasteiger partial charge in [0.15, 0.2) is 5.54 Å². The molecular weight excluding hydrogens is 239 g/mol. The summed E-state index contributed by atoms with van der Waals surface area (Å²) in [5, 5.41) is 0. The van der Waals surface area contributed by atoms with Crippen LogP contribution in [-0.2, 0) is 19.9 Å². The van der Waals surface area contributed by atoms with Crippen molar-refractivity contribution < 1.29 is 18.7 Å². The van der Waals surface area contributed by atoms with Gasteiger partial charge in [-0.15, -0.1) is 0 Å². The van der Waals surface area contributed by atoms with Gasteiger partial charge in [-0.3, -0.25) is 14.8 Å². The van der Waals surface area contributed by atoms with Gasteiger partial charge in [-0.05, 0) is 18.2 Å². The molecule has 1 aromatic heterocycles. The Labute approximate surface area is 102 Å². The van der Waals surface area contributed by atoms with E-state index >= 15 is 0 Å². The van der Waals surface area contributed by atoms with Crippen LogP contribution in [0.5, 0.6) is 0 Å². The van der Waals surface area contributed by atoms with E-state index in [9.17, 15) is 14.0 Å². The molecule has 2 rings (SSSR count). The molecule has 1 aliphatic heterocycles. The van der Waals surface area contributed by atoms with Gasteiger partial charge in [0, 0.05) is 18.0 Å². The fourth-order valence-corrected chi connectivity index (χ4v) is 1.69. The number of methoxy groups -OCH3 is 1. The van der Waals surface area contributed by atoms with E-state index in [1.54, 1.807) is 0 Å². The van der Waals surface area contributed by atoms with Crippen LogP contribution in [0, 0.1) is 5.82 Å². The second kappa shape index (κ2) is 4.48. The monoisotopic (exact) mass is 248 g/mol. The summed E-state index contributed by atoms with van der Waals surface area (Å²) in [6, 6.07) is 1.11. The number of allylic oxidation sites excluding steroid dienone is 1. The topological polar surface area (TPSA) is 68.6 Å². The number of hydrogen-bond acceptors (Lipinski definition) is 5. The van der Waals surface area contributed by atoms with E-state index in [1.165, 1.54) is 24.6 Å². The van der Waals surface area contributed by atoms with E-state index in [2.05, 4.69) is 14.7 Å². The normalized spacial score (nSPS) is 21.0. The van der Waals surface area contributed by atoms with Gasteiger partial charge < -0.3 is 4.74 Å². The van der Waals surface area contributed by atoms with Crippen LogP contribution >= 0.6 is 0 Å². The van der Waals surface area contributed by atoms with E-state index in [-0.39, 0.29) is 5.56 Å². The summed E-state index contributed by atoms with van der Waals surface area (Å²) in [5.74, 6) is -2.54. The molecule has 5 nitrogen and oxygen atoms in total. The van der Waals surface area contributed by atoms with Crippen molar-refractivity contribution in [3.8, 4) is 0 Å². The number of halogens is 1. The van der Waals surface area contributed by atoms with Crippen molar-refractivity contribution in [2.45, 2.75) is 5.54 Å². The van der Waals surface area contributed by atoms with Gasteiger partial charge >= 0.3 is 5.97 Å². The minimum absolute atomic E-state index is 0.183. The number of pyridine rings is 1. The fourth-order valence-electron chi connectivity index (χ4n) is 1.69. The number of rotatable bonds is 3. The predicted molar refractivity (Wildman–Crippen MR) is 60.5 cm³/mol. The van der Waals surface area contributed by atoms with E-state index < -0.39 is 23.1 Å². The molecular formula is C12H9FN2O3. The maximum absolute atomic E-state index is 13.2. The molecule has 0 aliphatic carbocycles. The van der Waals surface area contributed by atoms with Gasteiger partial charge in [-0.1, -0.05) is 0 Å². The van der Waals surface area contributed by atoms with Crippen molar-refractivity contribution in [3.63, 3.8) is 0 Å². The third-order valence-corrected chi connectivity index (χ3v) is 2.56. The number of Topliss-reactive ketones (excluding diaryl/α,β-unsaturated/α-hetero) is 1. The Balaban J connectivity index is 2.53. The fraction of sp³-hybridized carbons (Fsp3) is 0.167. The molecule has 1 aliphatic rings. The number of hydrogen-bond donors (Lipinski definition) is 0. The molecule has 6 heteroatoms. The Bertz CT molecular complexity index is 554. The largest absolute Gasteiger partial charge is 0.463 e. The highest BCUT2D eigenvalue weighted by atomic mass is 19.1. The molecule has 0 bridgehead atoms. The highest BCUT2D eigenvalue weighted by molar-refractivity contribution is 6.38. The molecule has 0 radical (unpaired) electrons. The lowest BCUT2D eigenvalue weighted by Gasteiger charge is -2.21. The van der Waals surface area contributed by atoms with Gasteiger partial charge in [0.25, 0.3) is 5.78 Å². The summed E-state index contributed by atoms with van der Waals surface area (Å²) in [4.78, 5) is 31.0. The van der Waals surface area contributed by atoms with Gasteiger partial charge in [0.1, 0.15) is 5.82 Å². The Kier molecular flexibility index (Phi) is 3.01. The van der Waals surface area contributed by atoms with E-state index in [0.29, 0.717) is 0 Å². The summed E-state index contributed by atoms with van der Waals surface area (Å²) < 4.78 is 17.6. The van der Waals surface area contributed by atoms with Crippen molar-refractivity contribution in [1.82, 2.24) is 4.98 Å². The van der Waals surface area contributed by atoms with Crippen LogP contribution in [0.1, 0.15) is 5.56 Å². The summed E-state index contributed by atoms with van der Waals surface area (Å²) in [5.41, 5.74) is -1.38. The molecule has 1 aromatic rings. The zero-order valence-corrected chi connectivity index (χ0v) is 9.46. The van der Waals surface area contributed by atoms with Crippen molar-refractivity contribution >= 4 is 18.0 Å². The first-order chi connectivity index (χ1) is 8.60. The first-order valence-corrected chi connectivity index (χ1v) is 5.07. The highest BCUT2D eigenvalue weighted by Crippen LogP contribution is 2.31. The van der Waals surface area contributed by atoms with E-state index in [1.807, 2.05) is 0 Å². The Morgan fingerprint density at radius 1 is 1.39 bits per heavy atom. The minimum atomic E-state index is -1.57.